The van der Waals surface area contributed by atoms with E-state index in [2.05, 4.69) is 4.98 Å². The number of piperazine rings is 1. The Morgan fingerprint density at radius 1 is 1.25 bits per heavy atom. The molecule has 1 saturated heterocycles. The molecule has 24 heavy (non-hydrogen) atoms. The summed E-state index contributed by atoms with van der Waals surface area (Å²) in [5.74, 6) is -0.00935. The number of nitrogens with zero attached hydrogens (tertiary/aromatic N) is 4. The number of rotatable bonds is 4. The number of carbonyl (C=O) groups excluding carboxylic acids is 1. The van der Waals surface area contributed by atoms with E-state index in [1.165, 1.54) is 10.6 Å². The van der Waals surface area contributed by atoms with Crippen molar-refractivity contribution in [1.29, 1.82) is 0 Å². The van der Waals surface area contributed by atoms with Crippen LogP contribution in [0.15, 0.2) is 24.3 Å². The van der Waals surface area contributed by atoms with E-state index in [0.717, 1.165) is 15.3 Å². The fourth-order valence-corrected chi connectivity index (χ4v) is 4.42. The van der Waals surface area contributed by atoms with Gasteiger partial charge in [0.1, 0.15) is 0 Å². The number of carbonyl (C=O) groups is 1. The number of sulfonamides is 1. The number of hydrogen-bond donors (Lipinski definition) is 0. The highest BCUT2D eigenvalue weighted by Gasteiger charge is 2.26. The van der Waals surface area contributed by atoms with Crippen LogP contribution in [0.3, 0.4) is 0 Å². The zero-order valence-corrected chi connectivity index (χ0v) is 15.3. The number of amides is 1. The molecule has 0 radical (unpaired) electrons. The molecule has 2 aromatic rings. The van der Waals surface area contributed by atoms with Crippen LogP contribution in [0.5, 0.6) is 0 Å². The largest absolute Gasteiger partial charge is 0.342 e. The molecule has 7 nitrogen and oxygen atoms in total. The number of thiazole rings is 1. The highest BCUT2D eigenvalue weighted by molar-refractivity contribution is 7.88. The van der Waals surface area contributed by atoms with Gasteiger partial charge in [-0.05, 0) is 12.1 Å². The lowest BCUT2D eigenvalue weighted by atomic mass is 10.3. The zero-order chi connectivity index (χ0) is 17.3. The maximum absolute atomic E-state index is 12.4. The van der Waals surface area contributed by atoms with Crippen LogP contribution in [0.2, 0.25) is 0 Å². The maximum atomic E-state index is 12.4. The van der Waals surface area contributed by atoms with Crippen LogP contribution >= 0.6 is 11.3 Å². The SMILES string of the molecule is CN(CC(=O)N1CCN(S(C)(=O)=O)CC1)c1nc2ccccc2s1. The molecule has 1 amide bonds. The minimum Gasteiger partial charge on any atom is -0.342 e. The van der Waals surface area contributed by atoms with Gasteiger partial charge in [0.05, 0.1) is 23.0 Å². The summed E-state index contributed by atoms with van der Waals surface area (Å²) in [4.78, 5) is 20.5. The standard InChI is InChI=1S/C15H20N4O3S2/c1-17(15-16-12-5-3-4-6-13(12)23-15)11-14(20)18-7-9-19(10-8-18)24(2,21)22/h3-6H,7-11H2,1-2H3. The second kappa shape index (κ2) is 6.66. The van der Waals surface area contributed by atoms with Gasteiger partial charge >= 0.3 is 0 Å². The summed E-state index contributed by atoms with van der Waals surface area (Å²) in [7, 11) is -1.33. The van der Waals surface area contributed by atoms with E-state index in [-0.39, 0.29) is 12.5 Å². The molecule has 0 saturated carbocycles. The summed E-state index contributed by atoms with van der Waals surface area (Å²) in [5.41, 5.74) is 0.929. The van der Waals surface area contributed by atoms with E-state index in [1.807, 2.05) is 36.2 Å². The molecule has 0 atom stereocenters. The number of likely N-dealkylation sites (N-methyl/N-ethyl adjacent to an activating group) is 1. The van der Waals surface area contributed by atoms with Gasteiger partial charge in [0, 0.05) is 33.2 Å². The molecule has 1 aromatic carbocycles. The van der Waals surface area contributed by atoms with Gasteiger partial charge in [-0.15, -0.1) is 0 Å². The molecule has 1 aliphatic heterocycles. The molecule has 2 heterocycles. The molecule has 130 valence electrons. The molecule has 3 rings (SSSR count). The van der Waals surface area contributed by atoms with Crippen molar-refractivity contribution in [2.75, 3.05) is 50.9 Å². The third-order valence-corrected chi connectivity index (χ3v) is 6.50. The molecule has 0 aliphatic carbocycles. The monoisotopic (exact) mass is 368 g/mol. The molecular weight excluding hydrogens is 348 g/mol. The van der Waals surface area contributed by atoms with Crippen LogP contribution in [0.1, 0.15) is 0 Å². The van der Waals surface area contributed by atoms with Gasteiger partial charge in [-0.3, -0.25) is 4.79 Å². The minimum atomic E-state index is -3.18. The van der Waals surface area contributed by atoms with Crippen LogP contribution in [-0.2, 0) is 14.8 Å². The molecule has 9 heteroatoms. The minimum absolute atomic E-state index is 0.00935. The van der Waals surface area contributed by atoms with Crippen molar-refractivity contribution >= 4 is 42.6 Å². The smallest absolute Gasteiger partial charge is 0.242 e. The quantitative estimate of drug-likeness (QED) is 0.799. The van der Waals surface area contributed by atoms with Gasteiger partial charge in [-0.25, -0.2) is 13.4 Å². The van der Waals surface area contributed by atoms with Gasteiger partial charge in [-0.2, -0.15) is 4.31 Å². The van der Waals surface area contributed by atoms with Gasteiger partial charge in [-0.1, -0.05) is 23.5 Å². The molecule has 0 N–H and O–H groups in total. The average molecular weight is 368 g/mol. The van der Waals surface area contributed by atoms with Crippen molar-refractivity contribution in [1.82, 2.24) is 14.2 Å². The number of benzene rings is 1. The van der Waals surface area contributed by atoms with Crippen molar-refractivity contribution in [3.05, 3.63) is 24.3 Å². The maximum Gasteiger partial charge on any atom is 0.242 e. The van der Waals surface area contributed by atoms with E-state index in [1.54, 1.807) is 16.2 Å². The van der Waals surface area contributed by atoms with E-state index in [9.17, 15) is 13.2 Å². The summed E-state index contributed by atoms with van der Waals surface area (Å²) in [6.45, 7) is 1.81. The number of fused-ring (bicyclic) bond motifs is 1. The van der Waals surface area contributed by atoms with Gasteiger partial charge in [0.25, 0.3) is 0 Å². The molecule has 1 aromatic heterocycles. The van der Waals surface area contributed by atoms with Crippen LogP contribution < -0.4 is 4.90 Å². The number of para-hydroxylation sites is 1. The van der Waals surface area contributed by atoms with Gasteiger partial charge in [0.2, 0.25) is 15.9 Å². The Labute approximate surface area is 145 Å². The highest BCUT2D eigenvalue weighted by atomic mass is 32.2. The Morgan fingerprint density at radius 2 is 1.92 bits per heavy atom. The van der Waals surface area contributed by atoms with Crippen LogP contribution in [0.25, 0.3) is 10.2 Å². The first-order valence-electron chi connectivity index (χ1n) is 7.64. The van der Waals surface area contributed by atoms with Crippen LogP contribution in [0, 0.1) is 0 Å². The lowest BCUT2D eigenvalue weighted by Crippen LogP contribution is -2.52. The first kappa shape index (κ1) is 17.1. The summed E-state index contributed by atoms with van der Waals surface area (Å²) < 4.78 is 25.5. The molecule has 0 unspecified atom stereocenters. The van der Waals surface area contributed by atoms with E-state index in [0.29, 0.717) is 26.2 Å². The molecule has 1 fully saturated rings. The average Bonchev–Trinajstić information content (AvgIpc) is 2.98. The first-order chi connectivity index (χ1) is 11.3. The topological polar surface area (TPSA) is 73.8 Å². The van der Waals surface area contributed by atoms with E-state index in [4.69, 9.17) is 0 Å². The lowest BCUT2D eigenvalue weighted by Gasteiger charge is -2.34. The molecule has 1 aliphatic rings. The van der Waals surface area contributed by atoms with E-state index >= 15 is 0 Å². The number of anilines is 1. The van der Waals surface area contributed by atoms with Gasteiger partial charge in [0.15, 0.2) is 5.13 Å². The van der Waals surface area contributed by atoms with E-state index < -0.39 is 10.0 Å². The Balaban J connectivity index is 1.60. The summed E-state index contributed by atoms with van der Waals surface area (Å²) in [6, 6.07) is 7.88. The highest BCUT2D eigenvalue weighted by Crippen LogP contribution is 2.27. The summed E-state index contributed by atoms with van der Waals surface area (Å²) >= 11 is 1.55. The Kier molecular flexibility index (Phi) is 4.75. The molecule has 0 spiro atoms. The van der Waals surface area contributed by atoms with Crippen molar-refractivity contribution in [3.63, 3.8) is 0 Å². The number of hydrogen-bond acceptors (Lipinski definition) is 6. The van der Waals surface area contributed by atoms with Crippen molar-refractivity contribution in [2.24, 2.45) is 0 Å². The fourth-order valence-electron chi connectivity index (χ4n) is 2.66. The van der Waals surface area contributed by atoms with Crippen molar-refractivity contribution in [3.8, 4) is 0 Å². The Hall–Kier alpha value is -1.71. The second-order valence-corrected chi connectivity index (χ2v) is 8.85. The van der Waals surface area contributed by atoms with Gasteiger partial charge < -0.3 is 9.80 Å². The summed E-state index contributed by atoms with van der Waals surface area (Å²) in [5, 5.41) is 0.805. The second-order valence-electron chi connectivity index (χ2n) is 5.86. The van der Waals surface area contributed by atoms with Crippen molar-refractivity contribution < 1.29 is 13.2 Å². The lowest BCUT2D eigenvalue weighted by molar-refractivity contribution is -0.130. The van der Waals surface area contributed by atoms with Crippen LogP contribution in [-0.4, -0.2) is 74.5 Å². The molecule has 0 bridgehead atoms. The zero-order valence-electron chi connectivity index (χ0n) is 13.7. The fraction of sp³-hybridized carbons (Fsp3) is 0.467. The Bertz CT molecular complexity index is 808. The Morgan fingerprint density at radius 3 is 2.54 bits per heavy atom. The van der Waals surface area contributed by atoms with Crippen molar-refractivity contribution in [2.45, 2.75) is 0 Å². The normalized spacial score (nSPS) is 16.5. The third-order valence-electron chi connectivity index (χ3n) is 4.04. The number of aromatic nitrogens is 1. The molecular formula is C15H20N4O3S2. The van der Waals surface area contributed by atoms with Crippen LogP contribution in [0.4, 0.5) is 5.13 Å². The predicted molar refractivity (Wildman–Crippen MR) is 95.9 cm³/mol. The first-order valence-corrected chi connectivity index (χ1v) is 10.3. The third kappa shape index (κ3) is 3.68. The summed E-state index contributed by atoms with van der Waals surface area (Å²) in [6.07, 6.45) is 1.20. The predicted octanol–water partition coefficient (Wildman–Crippen LogP) is 0.836.